The predicted molar refractivity (Wildman–Crippen MR) is 101 cm³/mol. The average molecular weight is 368 g/mol. The van der Waals surface area contributed by atoms with E-state index in [0.717, 1.165) is 34.3 Å². The molecule has 4 rings (SSSR count). The Morgan fingerprint density at radius 1 is 1.19 bits per heavy atom. The molecule has 0 fully saturated rings. The number of rotatable bonds is 4. The van der Waals surface area contributed by atoms with Crippen molar-refractivity contribution in [2.75, 3.05) is 11.1 Å². The number of nitrogens with one attached hydrogen (secondary N) is 2. The number of aryl methyl sites for hydroxylation is 1. The summed E-state index contributed by atoms with van der Waals surface area (Å²) in [4.78, 5) is 16.9. The van der Waals surface area contributed by atoms with E-state index >= 15 is 0 Å². The number of para-hydroxylation sites is 1. The normalized spacial score (nSPS) is 12.7. The number of amides is 2. The van der Waals surface area contributed by atoms with Crippen LogP contribution in [0.1, 0.15) is 5.56 Å². The fourth-order valence-electron chi connectivity index (χ4n) is 2.81. The highest BCUT2D eigenvalue weighted by molar-refractivity contribution is 7.99. The minimum absolute atomic E-state index is 0.294. The standard InChI is InChI=1S/C19H17FN4OS/c20-14-7-5-13(6-8-14)11-21-18(25)22-16-4-2-1-3-15(16)17-12-24-9-10-26-19(24)23-17/h1-8,12H,9-11H2,(H2,21,22,25). The monoisotopic (exact) mass is 368 g/mol. The van der Waals surface area contributed by atoms with Gasteiger partial charge in [0.1, 0.15) is 5.82 Å². The lowest BCUT2D eigenvalue weighted by atomic mass is 10.1. The molecule has 7 heteroatoms. The maximum atomic E-state index is 12.9. The molecule has 2 amide bonds. The zero-order chi connectivity index (χ0) is 17.9. The van der Waals surface area contributed by atoms with Crippen LogP contribution in [0, 0.1) is 5.82 Å². The maximum absolute atomic E-state index is 12.9. The van der Waals surface area contributed by atoms with Crippen LogP contribution in [-0.4, -0.2) is 21.3 Å². The SMILES string of the molecule is O=C(NCc1ccc(F)cc1)Nc1ccccc1-c1cn2c(n1)SCC2. The largest absolute Gasteiger partial charge is 0.334 e. The molecule has 1 aliphatic rings. The molecule has 0 saturated carbocycles. The average Bonchev–Trinajstić information content (AvgIpc) is 3.24. The Balaban J connectivity index is 1.46. The summed E-state index contributed by atoms with van der Waals surface area (Å²) in [6, 6.07) is 13.3. The third kappa shape index (κ3) is 3.57. The predicted octanol–water partition coefficient (Wildman–Crippen LogP) is 4.12. The van der Waals surface area contributed by atoms with E-state index in [1.807, 2.05) is 30.5 Å². The van der Waals surface area contributed by atoms with Crippen LogP contribution in [0.2, 0.25) is 0 Å². The Hall–Kier alpha value is -2.80. The van der Waals surface area contributed by atoms with Crippen LogP contribution in [0.4, 0.5) is 14.9 Å². The molecular formula is C19H17FN4OS. The molecule has 2 N–H and O–H groups in total. The van der Waals surface area contributed by atoms with E-state index in [0.29, 0.717) is 12.2 Å². The zero-order valence-electron chi connectivity index (χ0n) is 13.9. The number of halogens is 1. The number of thioether (sulfide) groups is 1. The van der Waals surface area contributed by atoms with Gasteiger partial charge in [-0.25, -0.2) is 14.2 Å². The van der Waals surface area contributed by atoms with Crippen molar-refractivity contribution >= 4 is 23.5 Å². The highest BCUT2D eigenvalue weighted by atomic mass is 32.2. The fraction of sp³-hybridized carbons (Fsp3) is 0.158. The zero-order valence-corrected chi connectivity index (χ0v) is 14.7. The summed E-state index contributed by atoms with van der Waals surface area (Å²) in [6.45, 7) is 1.28. The van der Waals surface area contributed by atoms with E-state index in [2.05, 4.69) is 20.2 Å². The Morgan fingerprint density at radius 2 is 2.00 bits per heavy atom. The molecule has 1 aliphatic heterocycles. The molecule has 0 radical (unpaired) electrons. The first-order valence-electron chi connectivity index (χ1n) is 8.28. The van der Waals surface area contributed by atoms with Crippen LogP contribution < -0.4 is 10.6 Å². The molecule has 26 heavy (non-hydrogen) atoms. The summed E-state index contributed by atoms with van der Waals surface area (Å²) >= 11 is 1.74. The second kappa shape index (κ2) is 7.21. The highest BCUT2D eigenvalue weighted by Gasteiger charge is 2.17. The number of hydrogen-bond acceptors (Lipinski definition) is 3. The van der Waals surface area contributed by atoms with Gasteiger partial charge in [0, 0.05) is 30.6 Å². The first kappa shape index (κ1) is 16.7. The molecule has 2 aromatic carbocycles. The molecular weight excluding hydrogens is 351 g/mol. The van der Waals surface area contributed by atoms with Crippen molar-refractivity contribution in [2.45, 2.75) is 18.2 Å². The Labute approximate surface area is 154 Å². The Morgan fingerprint density at radius 3 is 2.81 bits per heavy atom. The van der Waals surface area contributed by atoms with E-state index in [1.54, 1.807) is 23.9 Å². The topological polar surface area (TPSA) is 59.0 Å². The van der Waals surface area contributed by atoms with Crippen LogP contribution in [0.5, 0.6) is 0 Å². The van der Waals surface area contributed by atoms with Gasteiger partial charge in [-0.15, -0.1) is 0 Å². The summed E-state index contributed by atoms with van der Waals surface area (Å²) < 4.78 is 15.1. The van der Waals surface area contributed by atoms with E-state index in [1.165, 1.54) is 12.1 Å². The number of carbonyl (C=O) groups is 1. The van der Waals surface area contributed by atoms with Crippen molar-refractivity contribution in [3.63, 3.8) is 0 Å². The second-order valence-electron chi connectivity index (χ2n) is 5.93. The van der Waals surface area contributed by atoms with Crippen molar-refractivity contribution in [1.82, 2.24) is 14.9 Å². The van der Waals surface area contributed by atoms with Gasteiger partial charge in [0.15, 0.2) is 5.16 Å². The lowest BCUT2D eigenvalue weighted by Crippen LogP contribution is -2.28. The number of urea groups is 1. The van der Waals surface area contributed by atoms with Gasteiger partial charge in [-0.05, 0) is 23.8 Å². The molecule has 1 aromatic heterocycles. The molecule has 0 spiro atoms. The Bertz CT molecular complexity index is 917. The summed E-state index contributed by atoms with van der Waals surface area (Å²) in [5.74, 6) is 0.756. The maximum Gasteiger partial charge on any atom is 0.319 e. The number of aromatic nitrogens is 2. The summed E-state index contributed by atoms with van der Waals surface area (Å²) in [6.07, 6.45) is 2.02. The first-order valence-corrected chi connectivity index (χ1v) is 9.26. The van der Waals surface area contributed by atoms with Gasteiger partial charge in [0.05, 0.1) is 11.4 Å². The van der Waals surface area contributed by atoms with Crippen molar-refractivity contribution in [2.24, 2.45) is 0 Å². The lowest BCUT2D eigenvalue weighted by Gasteiger charge is -2.11. The van der Waals surface area contributed by atoms with Gasteiger partial charge in [-0.2, -0.15) is 0 Å². The molecule has 0 aliphatic carbocycles. The van der Waals surface area contributed by atoms with E-state index < -0.39 is 0 Å². The van der Waals surface area contributed by atoms with E-state index in [4.69, 9.17) is 0 Å². The van der Waals surface area contributed by atoms with Crippen LogP contribution in [0.15, 0.2) is 59.9 Å². The smallest absolute Gasteiger partial charge is 0.319 e. The number of anilines is 1. The number of nitrogens with zero attached hydrogens (tertiary/aromatic N) is 2. The molecule has 0 unspecified atom stereocenters. The Kier molecular flexibility index (Phi) is 4.62. The van der Waals surface area contributed by atoms with Crippen molar-refractivity contribution in [1.29, 1.82) is 0 Å². The van der Waals surface area contributed by atoms with Crippen LogP contribution in [-0.2, 0) is 13.1 Å². The molecule has 0 saturated heterocycles. The van der Waals surface area contributed by atoms with Gasteiger partial charge < -0.3 is 15.2 Å². The van der Waals surface area contributed by atoms with Gasteiger partial charge in [-0.3, -0.25) is 0 Å². The van der Waals surface area contributed by atoms with Crippen molar-refractivity contribution in [3.05, 3.63) is 66.1 Å². The molecule has 132 valence electrons. The van der Waals surface area contributed by atoms with E-state index in [-0.39, 0.29) is 11.8 Å². The minimum atomic E-state index is -0.317. The molecule has 3 aromatic rings. The summed E-state index contributed by atoms with van der Waals surface area (Å²) in [5, 5.41) is 6.67. The molecule has 0 atom stereocenters. The first-order chi connectivity index (χ1) is 12.7. The van der Waals surface area contributed by atoms with Gasteiger partial charge in [0.2, 0.25) is 0 Å². The number of benzene rings is 2. The molecule has 5 nitrogen and oxygen atoms in total. The van der Waals surface area contributed by atoms with Crippen LogP contribution >= 0.6 is 11.8 Å². The van der Waals surface area contributed by atoms with Gasteiger partial charge in [-0.1, -0.05) is 42.1 Å². The van der Waals surface area contributed by atoms with Crippen LogP contribution in [0.25, 0.3) is 11.3 Å². The van der Waals surface area contributed by atoms with E-state index in [9.17, 15) is 9.18 Å². The van der Waals surface area contributed by atoms with Crippen molar-refractivity contribution in [3.8, 4) is 11.3 Å². The number of carbonyl (C=O) groups excluding carboxylic acids is 1. The number of fused-ring (bicyclic) bond motifs is 1. The van der Waals surface area contributed by atoms with Crippen molar-refractivity contribution < 1.29 is 9.18 Å². The third-order valence-corrected chi connectivity index (χ3v) is 5.09. The fourth-order valence-corrected chi connectivity index (χ4v) is 3.75. The van der Waals surface area contributed by atoms with Gasteiger partial charge in [0.25, 0.3) is 0 Å². The lowest BCUT2D eigenvalue weighted by molar-refractivity contribution is 0.252. The quantitative estimate of drug-likeness (QED) is 0.728. The minimum Gasteiger partial charge on any atom is -0.334 e. The number of hydrogen-bond donors (Lipinski definition) is 2. The molecule has 2 heterocycles. The van der Waals surface area contributed by atoms with Crippen LogP contribution in [0.3, 0.4) is 0 Å². The summed E-state index contributed by atoms with van der Waals surface area (Å²) in [7, 11) is 0. The summed E-state index contributed by atoms with van der Waals surface area (Å²) in [5.41, 5.74) is 3.26. The van der Waals surface area contributed by atoms with Gasteiger partial charge >= 0.3 is 6.03 Å². The third-order valence-electron chi connectivity index (χ3n) is 4.12. The second-order valence-corrected chi connectivity index (χ2v) is 6.99. The number of imidazole rings is 1. The molecule has 0 bridgehead atoms. The highest BCUT2D eigenvalue weighted by Crippen LogP contribution is 2.32.